The summed E-state index contributed by atoms with van der Waals surface area (Å²) in [5.41, 5.74) is 12.6. The maximum absolute atomic E-state index is 6.12. The van der Waals surface area contributed by atoms with Crippen molar-refractivity contribution in [3.05, 3.63) is 22.2 Å². The Morgan fingerprint density at radius 1 is 1.24 bits per heavy atom. The number of methoxy groups -OCH3 is 2. The molecule has 0 aliphatic rings. The maximum atomic E-state index is 6.12. The van der Waals surface area contributed by atoms with E-state index in [0.717, 1.165) is 22.9 Å². The van der Waals surface area contributed by atoms with Gasteiger partial charge in [-0.25, -0.2) is 0 Å². The van der Waals surface area contributed by atoms with Crippen LogP contribution < -0.4 is 20.9 Å². The number of hydrogen-bond donors (Lipinski definition) is 2. The summed E-state index contributed by atoms with van der Waals surface area (Å²) in [4.78, 5) is 0. The van der Waals surface area contributed by atoms with Crippen molar-refractivity contribution >= 4 is 15.9 Å². The average molecular weight is 303 g/mol. The fourth-order valence-corrected chi connectivity index (χ4v) is 2.26. The molecule has 0 unspecified atom stereocenters. The Balaban J connectivity index is 2.99. The van der Waals surface area contributed by atoms with Crippen LogP contribution in [-0.4, -0.2) is 20.8 Å². The molecule has 0 spiro atoms. The average Bonchev–Trinajstić information content (AvgIpc) is 2.35. The highest BCUT2D eigenvalue weighted by atomic mass is 79.9. The third-order valence-electron chi connectivity index (χ3n) is 2.62. The first-order chi connectivity index (χ1) is 8.13. The lowest BCUT2D eigenvalue weighted by atomic mass is 10.0. The van der Waals surface area contributed by atoms with Gasteiger partial charge in [-0.1, -0.05) is 15.9 Å². The van der Waals surface area contributed by atoms with Crippen LogP contribution in [0.3, 0.4) is 0 Å². The van der Waals surface area contributed by atoms with Crippen molar-refractivity contribution in [3.8, 4) is 11.5 Å². The third kappa shape index (κ3) is 3.59. The van der Waals surface area contributed by atoms with E-state index in [2.05, 4.69) is 15.9 Å². The van der Waals surface area contributed by atoms with Crippen LogP contribution in [0.1, 0.15) is 24.4 Å². The Hall–Kier alpha value is -0.780. The summed E-state index contributed by atoms with van der Waals surface area (Å²) < 4.78 is 11.4. The summed E-state index contributed by atoms with van der Waals surface area (Å²) >= 11 is 3.50. The van der Waals surface area contributed by atoms with Crippen molar-refractivity contribution in [2.24, 2.45) is 11.5 Å². The van der Waals surface area contributed by atoms with Crippen LogP contribution in [0, 0.1) is 0 Å². The van der Waals surface area contributed by atoms with E-state index in [0.29, 0.717) is 18.0 Å². The standard InChI is InChI=1S/C12H19BrN2O2/c1-16-11-6-8(10(15)4-3-5-14)9(13)7-12(11)17-2/h6-7,10H,3-5,14-15H2,1-2H3/t10-/m0/s1. The molecule has 5 heteroatoms. The molecule has 17 heavy (non-hydrogen) atoms. The largest absolute Gasteiger partial charge is 0.493 e. The van der Waals surface area contributed by atoms with Gasteiger partial charge in [-0.15, -0.1) is 0 Å². The predicted octanol–water partition coefficient (Wildman–Crippen LogP) is 2.21. The second-order valence-corrected chi connectivity index (χ2v) is 4.62. The van der Waals surface area contributed by atoms with E-state index in [1.807, 2.05) is 12.1 Å². The molecule has 0 saturated carbocycles. The van der Waals surface area contributed by atoms with Gasteiger partial charge in [0, 0.05) is 10.5 Å². The van der Waals surface area contributed by atoms with Crippen molar-refractivity contribution in [2.75, 3.05) is 20.8 Å². The first-order valence-electron chi connectivity index (χ1n) is 5.51. The second kappa shape index (κ2) is 6.83. The van der Waals surface area contributed by atoms with E-state index in [1.165, 1.54) is 0 Å². The van der Waals surface area contributed by atoms with Crippen LogP contribution in [0.15, 0.2) is 16.6 Å². The minimum atomic E-state index is -0.0484. The SMILES string of the molecule is COc1cc(Br)c([C@@H](N)CCCN)cc1OC. The highest BCUT2D eigenvalue weighted by molar-refractivity contribution is 9.10. The Morgan fingerprint density at radius 3 is 2.35 bits per heavy atom. The number of halogens is 1. The predicted molar refractivity (Wildman–Crippen MR) is 72.5 cm³/mol. The Bertz CT molecular complexity index is 372. The van der Waals surface area contributed by atoms with Gasteiger partial charge in [-0.2, -0.15) is 0 Å². The number of rotatable bonds is 6. The molecular weight excluding hydrogens is 284 g/mol. The van der Waals surface area contributed by atoms with Gasteiger partial charge in [0.05, 0.1) is 14.2 Å². The summed E-state index contributed by atoms with van der Waals surface area (Å²) in [6.07, 6.45) is 1.76. The number of ether oxygens (including phenoxy) is 2. The highest BCUT2D eigenvalue weighted by Gasteiger charge is 2.14. The number of benzene rings is 1. The summed E-state index contributed by atoms with van der Waals surface area (Å²) in [5.74, 6) is 1.38. The molecule has 96 valence electrons. The zero-order valence-electron chi connectivity index (χ0n) is 10.2. The van der Waals surface area contributed by atoms with E-state index >= 15 is 0 Å². The molecule has 0 heterocycles. The van der Waals surface area contributed by atoms with Crippen LogP contribution in [0.2, 0.25) is 0 Å². The Morgan fingerprint density at radius 2 is 1.82 bits per heavy atom. The molecule has 0 amide bonds. The van der Waals surface area contributed by atoms with Crippen LogP contribution in [0.25, 0.3) is 0 Å². The van der Waals surface area contributed by atoms with Crippen LogP contribution >= 0.6 is 15.9 Å². The summed E-state index contributed by atoms with van der Waals surface area (Å²) in [5, 5.41) is 0. The van der Waals surface area contributed by atoms with Gasteiger partial charge in [0.15, 0.2) is 11.5 Å². The smallest absolute Gasteiger partial charge is 0.161 e. The zero-order valence-corrected chi connectivity index (χ0v) is 11.8. The van der Waals surface area contributed by atoms with Gasteiger partial charge in [0.2, 0.25) is 0 Å². The normalized spacial score (nSPS) is 12.3. The van der Waals surface area contributed by atoms with Crippen LogP contribution in [-0.2, 0) is 0 Å². The minimum Gasteiger partial charge on any atom is -0.493 e. The second-order valence-electron chi connectivity index (χ2n) is 3.77. The van der Waals surface area contributed by atoms with Crippen molar-refractivity contribution in [3.63, 3.8) is 0 Å². The number of hydrogen-bond acceptors (Lipinski definition) is 4. The lowest BCUT2D eigenvalue weighted by molar-refractivity contribution is 0.353. The van der Waals surface area contributed by atoms with E-state index in [1.54, 1.807) is 14.2 Å². The molecule has 0 bridgehead atoms. The van der Waals surface area contributed by atoms with Crippen molar-refractivity contribution in [2.45, 2.75) is 18.9 Å². The van der Waals surface area contributed by atoms with Crippen molar-refractivity contribution in [1.29, 1.82) is 0 Å². The van der Waals surface area contributed by atoms with Crippen molar-refractivity contribution < 1.29 is 9.47 Å². The molecule has 1 aromatic rings. The third-order valence-corrected chi connectivity index (χ3v) is 3.31. The molecule has 1 atom stereocenters. The van der Waals surface area contributed by atoms with E-state index in [4.69, 9.17) is 20.9 Å². The Labute approximate surface area is 110 Å². The Kier molecular flexibility index (Phi) is 5.74. The fourth-order valence-electron chi connectivity index (χ4n) is 1.65. The van der Waals surface area contributed by atoms with Crippen LogP contribution in [0.5, 0.6) is 11.5 Å². The van der Waals surface area contributed by atoms with Gasteiger partial charge in [0.1, 0.15) is 0 Å². The molecular formula is C12H19BrN2O2. The molecule has 0 radical (unpaired) electrons. The highest BCUT2D eigenvalue weighted by Crippen LogP contribution is 2.36. The molecule has 1 rings (SSSR count). The molecule has 4 nitrogen and oxygen atoms in total. The van der Waals surface area contributed by atoms with Gasteiger partial charge in [-0.05, 0) is 37.1 Å². The first-order valence-corrected chi connectivity index (χ1v) is 6.30. The maximum Gasteiger partial charge on any atom is 0.161 e. The molecule has 0 fully saturated rings. The lowest BCUT2D eigenvalue weighted by Crippen LogP contribution is -2.13. The first kappa shape index (κ1) is 14.3. The zero-order chi connectivity index (χ0) is 12.8. The van der Waals surface area contributed by atoms with E-state index < -0.39 is 0 Å². The van der Waals surface area contributed by atoms with Gasteiger partial charge in [-0.3, -0.25) is 0 Å². The molecule has 0 saturated heterocycles. The van der Waals surface area contributed by atoms with Gasteiger partial charge < -0.3 is 20.9 Å². The van der Waals surface area contributed by atoms with Gasteiger partial charge in [0.25, 0.3) is 0 Å². The molecule has 0 aromatic heterocycles. The van der Waals surface area contributed by atoms with E-state index in [-0.39, 0.29) is 6.04 Å². The lowest BCUT2D eigenvalue weighted by Gasteiger charge is -2.16. The van der Waals surface area contributed by atoms with Crippen LogP contribution in [0.4, 0.5) is 0 Å². The number of nitrogens with two attached hydrogens (primary N) is 2. The summed E-state index contributed by atoms with van der Waals surface area (Å²) in [7, 11) is 3.22. The van der Waals surface area contributed by atoms with Crippen molar-refractivity contribution in [1.82, 2.24) is 0 Å². The molecule has 1 aromatic carbocycles. The summed E-state index contributed by atoms with van der Waals surface area (Å²) in [6, 6.07) is 3.73. The quantitative estimate of drug-likeness (QED) is 0.845. The topological polar surface area (TPSA) is 70.5 Å². The van der Waals surface area contributed by atoms with E-state index in [9.17, 15) is 0 Å². The monoisotopic (exact) mass is 302 g/mol. The van der Waals surface area contributed by atoms with Gasteiger partial charge >= 0.3 is 0 Å². The molecule has 0 aliphatic carbocycles. The fraction of sp³-hybridized carbons (Fsp3) is 0.500. The summed E-state index contributed by atoms with van der Waals surface area (Å²) in [6.45, 7) is 0.651. The molecule has 0 aliphatic heterocycles. The molecule has 4 N–H and O–H groups in total. The minimum absolute atomic E-state index is 0.0484.